The second kappa shape index (κ2) is 5.27. The highest BCUT2D eigenvalue weighted by atomic mass is 35.5. The molecule has 0 unspecified atom stereocenters. The van der Waals surface area contributed by atoms with Crippen LogP contribution in [-0.2, 0) is 13.5 Å². The highest BCUT2D eigenvalue weighted by Crippen LogP contribution is 2.18. The van der Waals surface area contributed by atoms with Crippen molar-refractivity contribution in [2.45, 2.75) is 13.3 Å². The van der Waals surface area contributed by atoms with E-state index in [4.69, 9.17) is 17.3 Å². The number of halogens is 1. The second-order valence-corrected chi connectivity index (χ2v) is 4.44. The molecule has 0 atom stereocenters. The van der Waals surface area contributed by atoms with Crippen LogP contribution in [0.4, 0.5) is 11.5 Å². The van der Waals surface area contributed by atoms with E-state index >= 15 is 0 Å². The number of carbonyl (C=O) groups excluding carboxylic acids is 1. The third-order valence-corrected chi connectivity index (χ3v) is 2.90. The lowest BCUT2D eigenvalue weighted by molar-refractivity contribution is 0.101. The topological polar surface area (TPSA) is 85.8 Å². The third-order valence-electron chi connectivity index (χ3n) is 2.68. The Bertz CT molecular complexity index is 605. The summed E-state index contributed by atoms with van der Waals surface area (Å²) in [5.74, 6) is 0.0649. The molecule has 0 spiro atoms. The third kappa shape index (κ3) is 2.68. The molecule has 0 aliphatic heterocycles. The minimum Gasteiger partial charge on any atom is -0.395 e. The van der Waals surface area contributed by atoms with Gasteiger partial charge in [0.05, 0.1) is 16.4 Å². The largest absolute Gasteiger partial charge is 0.395 e. The Morgan fingerprint density at radius 1 is 1.53 bits per heavy atom. The molecule has 100 valence electrons. The lowest BCUT2D eigenvalue weighted by Crippen LogP contribution is -2.18. The number of nitrogen functional groups attached to an aromatic ring is 1. The molecule has 0 bridgehead atoms. The van der Waals surface area contributed by atoms with E-state index < -0.39 is 0 Å². The number of nitrogens with zero attached hydrogens (tertiary/aromatic N) is 3. The van der Waals surface area contributed by atoms with E-state index in [2.05, 4.69) is 15.4 Å². The van der Waals surface area contributed by atoms with Gasteiger partial charge in [-0.15, -0.1) is 0 Å². The molecule has 0 saturated carbocycles. The molecule has 2 heterocycles. The highest BCUT2D eigenvalue weighted by Gasteiger charge is 2.19. The maximum Gasteiger partial charge on any atom is 0.277 e. The van der Waals surface area contributed by atoms with Gasteiger partial charge in [0.1, 0.15) is 11.5 Å². The fraction of sp³-hybridized carbons (Fsp3) is 0.250. The first-order valence-corrected chi connectivity index (χ1v) is 6.15. The van der Waals surface area contributed by atoms with Crippen LogP contribution in [0.5, 0.6) is 0 Å². The zero-order chi connectivity index (χ0) is 14.0. The molecule has 0 aliphatic rings. The maximum absolute atomic E-state index is 12.1. The molecule has 2 rings (SSSR count). The van der Waals surface area contributed by atoms with Gasteiger partial charge in [-0.05, 0) is 18.6 Å². The second-order valence-electron chi connectivity index (χ2n) is 4.00. The molecule has 2 aromatic rings. The van der Waals surface area contributed by atoms with Gasteiger partial charge in [0.2, 0.25) is 0 Å². The lowest BCUT2D eigenvalue weighted by Gasteiger charge is -2.05. The van der Waals surface area contributed by atoms with Crippen LogP contribution < -0.4 is 11.1 Å². The van der Waals surface area contributed by atoms with Crippen LogP contribution >= 0.6 is 11.6 Å². The smallest absolute Gasteiger partial charge is 0.277 e. The van der Waals surface area contributed by atoms with E-state index in [0.717, 1.165) is 0 Å². The first kappa shape index (κ1) is 13.4. The number of amides is 1. The Morgan fingerprint density at radius 2 is 2.26 bits per heavy atom. The van der Waals surface area contributed by atoms with Crippen LogP contribution in [0.25, 0.3) is 0 Å². The first-order valence-electron chi connectivity index (χ1n) is 5.77. The van der Waals surface area contributed by atoms with E-state index in [1.54, 1.807) is 19.2 Å². The average Bonchev–Trinajstić information content (AvgIpc) is 2.67. The van der Waals surface area contributed by atoms with Crippen LogP contribution in [0.1, 0.15) is 23.1 Å². The molecule has 2 aromatic heterocycles. The van der Waals surface area contributed by atoms with Crippen molar-refractivity contribution in [1.82, 2.24) is 14.8 Å². The van der Waals surface area contributed by atoms with Gasteiger partial charge in [-0.1, -0.05) is 18.5 Å². The van der Waals surface area contributed by atoms with Crippen LogP contribution in [0, 0.1) is 0 Å². The molecular formula is C12H14ClN5O. The van der Waals surface area contributed by atoms with Crippen LogP contribution in [-0.4, -0.2) is 20.7 Å². The first-order chi connectivity index (χ1) is 9.02. The Hall–Kier alpha value is -2.08. The van der Waals surface area contributed by atoms with Crippen molar-refractivity contribution in [3.05, 3.63) is 34.7 Å². The van der Waals surface area contributed by atoms with Gasteiger partial charge in [-0.25, -0.2) is 4.98 Å². The predicted molar refractivity (Wildman–Crippen MR) is 74.2 cm³/mol. The minimum atomic E-state index is -0.345. The molecule has 7 heteroatoms. The van der Waals surface area contributed by atoms with Crippen molar-refractivity contribution in [2.75, 3.05) is 11.1 Å². The zero-order valence-electron chi connectivity index (χ0n) is 10.6. The minimum absolute atomic E-state index is 0.327. The number of hydrogen-bond acceptors (Lipinski definition) is 4. The van der Waals surface area contributed by atoms with Crippen LogP contribution in [0.3, 0.4) is 0 Å². The van der Waals surface area contributed by atoms with Gasteiger partial charge in [0.15, 0.2) is 0 Å². The number of pyridine rings is 1. The zero-order valence-corrected chi connectivity index (χ0v) is 11.4. The average molecular weight is 280 g/mol. The fourth-order valence-corrected chi connectivity index (χ4v) is 1.86. The Labute approximate surface area is 115 Å². The number of hydrogen-bond donors (Lipinski definition) is 2. The molecule has 1 amide bonds. The number of nitrogens with two attached hydrogens (primary N) is 1. The summed E-state index contributed by atoms with van der Waals surface area (Å²) in [5.41, 5.74) is 7.34. The molecule has 6 nitrogen and oxygen atoms in total. The SMILES string of the molecule is CCc1nn(C)c(C(=O)Nc2ccc(Cl)cn2)c1N. The normalized spacial score (nSPS) is 10.5. The van der Waals surface area contributed by atoms with Gasteiger partial charge in [-0.2, -0.15) is 5.10 Å². The summed E-state index contributed by atoms with van der Waals surface area (Å²) in [6.45, 7) is 1.93. The number of aromatic nitrogens is 3. The monoisotopic (exact) mass is 279 g/mol. The quantitative estimate of drug-likeness (QED) is 0.898. The summed E-state index contributed by atoms with van der Waals surface area (Å²) in [5, 5.41) is 7.36. The van der Waals surface area contributed by atoms with Crippen LogP contribution in [0.2, 0.25) is 5.02 Å². The van der Waals surface area contributed by atoms with E-state index in [0.29, 0.717) is 34.3 Å². The van der Waals surface area contributed by atoms with E-state index in [1.165, 1.54) is 10.9 Å². The maximum atomic E-state index is 12.1. The van der Waals surface area contributed by atoms with Gasteiger partial charge in [-0.3, -0.25) is 9.48 Å². The fourth-order valence-electron chi connectivity index (χ4n) is 1.75. The van der Waals surface area contributed by atoms with E-state index in [-0.39, 0.29) is 5.91 Å². The standard InChI is InChI=1S/C12H14ClN5O/c1-3-8-10(14)11(18(2)17-8)12(19)16-9-5-4-7(13)6-15-9/h4-6H,3,14H2,1-2H3,(H,15,16,19). The van der Waals surface area contributed by atoms with Crippen molar-refractivity contribution < 1.29 is 4.79 Å². The molecule has 0 fully saturated rings. The molecule has 0 aromatic carbocycles. The molecule has 0 saturated heterocycles. The summed E-state index contributed by atoms with van der Waals surface area (Å²) < 4.78 is 1.47. The summed E-state index contributed by atoms with van der Waals surface area (Å²) >= 11 is 5.73. The summed E-state index contributed by atoms with van der Waals surface area (Å²) in [4.78, 5) is 16.1. The summed E-state index contributed by atoms with van der Waals surface area (Å²) in [7, 11) is 1.68. The van der Waals surface area contributed by atoms with Gasteiger partial charge in [0, 0.05) is 13.2 Å². The predicted octanol–water partition coefficient (Wildman–Crippen LogP) is 1.87. The van der Waals surface area contributed by atoms with E-state index in [1.807, 2.05) is 6.92 Å². The van der Waals surface area contributed by atoms with E-state index in [9.17, 15) is 4.79 Å². The van der Waals surface area contributed by atoms with Crippen molar-refractivity contribution in [3.63, 3.8) is 0 Å². The lowest BCUT2D eigenvalue weighted by atomic mass is 10.2. The number of carbonyl (C=O) groups is 1. The number of nitrogens with one attached hydrogen (secondary N) is 1. The number of anilines is 2. The van der Waals surface area contributed by atoms with Crippen LogP contribution in [0.15, 0.2) is 18.3 Å². The van der Waals surface area contributed by atoms with Gasteiger partial charge >= 0.3 is 0 Å². The van der Waals surface area contributed by atoms with Crippen molar-refractivity contribution >= 4 is 29.0 Å². The number of aryl methyl sites for hydroxylation is 2. The van der Waals surface area contributed by atoms with Gasteiger partial charge in [0.25, 0.3) is 5.91 Å². The summed E-state index contributed by atoms with van der Waals surface area (Å²) in [6, 6.07) is 3.27. The molecular weight excluding hydrogens is 266 g/mol. The Balaban J connectivity index is 2.25. The number of rotatable bonds is 3. The van der Waals surface area contributed by atoms with Gasteiger partial charge < -0.3 is 11.1 Å². The molecule has 0 aliphatic carbocycles. The van der Waals surface area contributed by atoms with Crippen molar-refractivity contribution in [1.29, 1.82) is 0 Å². The van der Waals surface area contributed by atoms with Crippen molar-refractivity contribution in [2.24, 2.45) is 7.05 Å². The highest BCUT2D eigenvalue weighted by molar-refractivity contribution is 6.30. The molecule has 3 N–H and O–H groups in total. The van der Waals surface area contributed by atoms with Crippen molar-refractivity contribution in [3.8, 4) is 0 Å². The molecule has 0 radical (unpaired) electrons. The summed E-state index contributed by atoms with van der Waals surface area (Å²) in [6.07, 6.45) is 2.13. The molecule has 19 heavy (non-hydrogen) atoms. The Morgan fingerprint density at radius 3 is 2.79 bits per heavy atom. The Kier molecular flexibility index (Phi) is 3.71.